The number of nitrogens with one attached hydrogen (secondary N) is 2. The molecule has 3 rings (SSSR count). The van der Waals surface area contributed by atoms with Gasteiger partial charge in [0.2, 0.25) is 17.7 Å². The summed E-state index contributed by atoms with van der Waals surface area (Å²) in [6, 6.07) is 6.72. The predicted octanol–water partition coefficient (Wildman–Crippen LogP) is 0.288. The van der Waals surface area contributed by atoms with E-state index >= 15 is 0 Å². The molecular weight excluding hydrogens is 370 g/mol. The second kappa shape index (κ2) is 9.84. The molecule has 2 N–H and O–H groups in total. The Labute approximate surface area is 172 Å². The van der Waals surface area contributed by atoms with Crippen molar-refractivity contribution in [2.24, 2.45) is 0 Å². The van der Waals surface area contributed by atoms with Crippen LogP contribution in [0.4, 0.5) is 5.69 Å². The smallest absolute Gasteiger partial charge is 0.243 e. The van der Waals surface area contributed by atoms with Crippen molar-refractivity contribution in [3.8, 4) is 0 Å². The van der Waals surface area contributed by atoms with E-state index in [0.29, 0.717) is 25.3 Å². The molecule has 0 aliphatic carbocycles. The maximum atomic E-state index is 12.9. The minimum atomic E-state index is -0.765. The minimum absolute atomic E-state index is 0.0466. The van der Waals surface area contributed by atoms with E-state index in [0.717, 1.165) is 38.3 Å². The van der Waals surface area contributed by atoms with Gasteiger partial charge in [0.15, 0.2) is 0 Å². The summed E-state index contributed by atoms with van der Waals surface area (Å²) in [4.78, 5) is 43.9. The number of piperazine rings is 2. The minimum Gasteiger partial charge on any atom is -0.353 e. The van der Waals surface area contributed by atoms with E-state index in [1.165, 1.54) is 0 Å². The number of amides is 3. The number of likely N-dealkylation sites (N-methyl/N-ethyl adjacent to an activating group) is 1. The van der Waals surface area contributed by atoms with Crippen LogP contribution in [0, 0.1) is 6.92 Å². The molecule has 0 radical (unpaired) electrons. The summed E-state index contributed by atoms with van der Waals surface area (Å²) in [5.41, 5.74) is 1.79. The van der Waals surface area contributed by atoms with Crippen molar-refractivity contribution in [3.63, 3.8) is 0 Å². The molecule has 0 spiro atoms. The monoisotopic (exact) mass is 401 g/mol. The summed E-state index contributed by atoms with van der Waals surface area (Å²) in [6.07, 6.45) is -0.0466. The van der Waals surface area contributed by atoms with E-state index in [2.05, 4.69) is 27.4 Å². The maximum Gasteiger partial charge on any atom is 0.243 e. The number of carbonyl (C=O) groups excluding carboxylic acids is 3. The molecule has 0 bridgehead atoms. The summed E-state index contributed by atoms with van der Waals surface area (Å²) >= 11 is 0. The van der Waals surface area contributed by atoms with Gasteiger partial charge < -0.3 is 20.4 Å². The molecule has 1 aromatic rings. The quantitative estimate of drug-likeness (QED) is 0.716. The van der Waals surface area contributed by atoms with E-state index < -0.39 is 6.04 Å². The fraction of sp³-hybridized carbons (Fsp3) is 0.571. The molecule has 158 valence electrons. The highest BCUT2D eigenvalue weighted by molar-refractivity contribution is 5.97. The molecule has 2 fully saturated rings. The number of hydrogen-bond donors (Lipinski definition) is 2. The molecule has 8 nitrogen and oxygen atoms in total. The van der Waals surface area contributed by atoms with Crippen LogP contribution in [-0.2, 0) is 14.4 Å². The van der Waals surface area contributed by atoms with E-state index in [1.807, 2.05) is 31.2 Å². The van der Waals surface area contributed by atoms with Crippen molar-refractivity contribution in [1.29, 1.82) is 0 Å². The molecule has 1 unspecified atom stereocenters. The molecule has 0 saturated carbocycles. The van der Waals surface area contributed by atoms with Crippen molar-refractivity contribution in [3.05, 3.63) is 29.8 Å². The number of hydrogen-bond acceptors (Lipinski definition) is 5. The number of anilines is 1. The Bertz CT molecular complexity index is 728. The van der Waals surface area contributed by atoms with Gasteiger partial charge in [0.05, 0.1) is 13.0 Å². The second-order valence-electron chi connectivity index (χ2n) is 7.72. The summed E-state index contributed by atoms with van der Waals surface area (Å²) in [7, 11) is 0. The first-order chi connectivity index (χ1) is 14.0. The number of carbonyl (C=O) groups is 3. The lowest BCUT2D eigenvalue weighted by Gasteiger charge is -2.38. The van der Waals surface area contributed by atoms with Gasteiger partial charge in [-0.25, -0.2) is 0 Å². The highest BCUT2D eigenvalue weighted by Crippen LogP contribution is 2.14. The normalized spacial score (nSPS) is 21.0. The largest absolute Gasteiger partial charge is 0.353 e. The SMILES string of the molecule is CCN1CCN(CC(=O)N2CCNC(=O)C2CC(=O)Nc2ccc(C)cc2)CC1. The molecule has 2 saturated heterocycles. The Morgan fingerprint density at radius 1 is 1.07 bits per heavy atom. The van der Waals surface area contributed by atoms with Crippen molar-refractivity contribution < 1.29 is 14.4 Å². The van der Waals surface area contributed by atoms with Crippen LogP contribution in [0.2, 0.25) is 0 Å². The third-order valence-corrected chi connectivity index (χ3v) is 5.64. The molecule has 8 heteroatoms. The van der Waals surface area contributed by atoms with E-state index in [4.69, 9.17) is 0 Å². The van der Waals surface area contributed by atoms with Gasteiger partial charge in [-0.1, -0.05) is 24.6 Å². The first-order valence-corrected chi connectivity index (χ1v) is 10.3. The third kappa shape index (κ3) is 5.77. The first-order valence-electron chi connectivity index (χ1n) is 10.3. The van der Waals surface area contributed by atoms with Gasteiger partial charge in [-0.2, -0.15) is 0 Å². The molecule has 2 aliphatic rings. The van der Waals surface area contributed by atoms with Crippen LogP contribution in [0.1, 0.15) is 18.9 Å². The lowest BCUT2D eigenvalue weighted by atomic mass is 10.1. The summed E-state index contributed by atoms with van der Waals surface area (Å²) in [6.45, 7) is 9.87. The van der Waals surface area contributed by atoms with Gasteiger partial charge in [0.25, 0.3) is 0 Å². The summed E-state index contributed by atoms with van der Waals surface area (Å²) < 4.78 is 0. The fourth-order valence-corrected chi connectivity index (χ4v) is 3.79. The average Bonchev–Trinajstić information content (AvgIpc) is 2.71. The Morgan fingerprint density at radius 2 is 1.72 bits per heavy atom. The number of nitrogens with zero attached hydrogens (tertiary/aromatic N) is 3. The Morgan fingerprint density at radius 3 is 2.38 bits per heavy atom. The molecular formula is C21H31N5O3. The Balaban J connectivity index is 1.58. The van der Waals surface area contributed by atoms with Gasteiger partial charge in [-0.05, 0) is 25.6 Å². The van der Waals surface area contributed by atoms with Crippen LogP contribution >= 0.6 is 0 Å². The lowest BCUT2D eigenvalue weighted by molar-refractivity contribution is -0.145. The highest BCUT2D eigenvalue weighted by Gasteiger charge is 2.35. The zero-order valence-electron chi connectivity index (χ0n) is 17.3. The molecule has 1 atom stereocenters. The second-order valence-corrected chi connectivity index (χ2v) is 7.72. The third-order valence-electron chi connectivity index (χ3n) is 5.64. The van der Waals surface area contributed by atoms with Crippen LogP contribution in [0.15, 0.2) is 24.3 Å². The van der Waals surface area contributed by atoms with E-state index in [9.17, 15) is 14.4 Å². The van der Waals surface area contributed by atoms with Gasteiger partial charge in [-0.3, -0.25) is 19.3 Å². The summed E-state index contributed by atoms with van der Waals surface area (Å²) in [5.74, 6) is -0.623. The van der Waals surface area contributed by atoms with Crippen LogP contribution in [0.3, 0.4) is 0 Å². The van der Waals surface area contributed by atoms with Gasteiger partial charge in [0, 0.05) is 45.0 Å². The van der Waals surface area contributed by atoms with Gasteiger partial charge >= 0.3 is 0 Å². The van der Waals surface area contributed by atoms with Crippen LogP contribution < -0.4 is 10.6 Å². The standard InChI is InChI=1S/C21H31N5O3/c1-3-24-10-12-25(13-11-24)15-20(28)26-9-8-22-21(29)18(26)14-19(27)23-17-6-4-16(2)5-7-17/h4-7,18H,3,8-15H2,1-2H3,(H,22,29)(H,23,27). The number of benzene rings is 1. The zero-order valence-corrected chi connectivity index (χ0v) is 17.3. The topological polar surface area (TPSA) is 85.0 Å². The van der Waals surface area contributed by atoms with E-state index in [1.54, 1.807) is 4.90 Å². The van der Waals surface area contributed by atoms with Gasteiger partial charge in [-0.15, -0.1) is 0 Å². The van der Waals surface area contributed by atoms with Crippen molar-refractivity contribution in [1.82, 2.24) is 20.0 Å². The van der Waals surface area contributed by atoms with E-state index in [-0.39, 0.29) is 24.1 Å². The molecule has 29 heavy (non-hydrogen) atoms. The van der Waals surface area contributed by atoms with Crippen molar-refractivity contribution in [2.45, 2.75) is 26.3 Å². The molecule has 2 heterocycles. The molecule has 1 aromatic carbocycles. The van der Waals surface area contributed by atoms with Crippen LogP contribution in [0.5, 0.6) is 0 Å². The Hall–Kier alpha value is -2.45. The molecule has 0 aromatic heterocycles. The molecule has 2 aliphatic heterocycles. The average molecular weight is 402 g/mol. The Kier molecular flexibility index (Phi) is 7.22. The maximum absolute atomic E-state index is 12.9. The van der Waals surface area contributed by atoms with Gasteiger partial charge in [0.1, 0.15) is 6.04 Å². The zero-order chi connectivity index (χ0) is 20.8. The summed E-state index contributed by atoms with van der Waals surface area (Å²) in [5, 5.41) is 5.59. The van der Waals surface area contributed by atoms with Crippen LogP contribution in [-0.4, -0.2) is 90.8 Å². The highest BCUT2D eigenvalue weighted by atomic mass is 16.2. The fourth-order valence-electron chi connectivity index (χ4n) is 3.79. The molecule has 3 amide bonds. The van der Waals surface area contributed by atoms with Crippen molar-refractivity contribution in [2.75, 3.05) is 57.7 Å². The first kappa shape index (κ1) is 21.3. The lowest BCUT2D eigenvalue weighted by Crippen LogP contribution is -2.60. The van der Waals surface area contributed by atoms with Crippen molar-refractivity contribution >= 4 is 23.4 Å². The number of aryl methyl sites for hydroxylation is 1. The number of rotatable bonds is 6. The van der Waals surface area contributed by atoms with Crippen LogP contribution in [0.25, 0.3) is 0 Å². The predicted molar refractivity (Wildman–Crippen MR) is 111 cm³/mol.